The van der Waals surface area contributed by atoms with Crippen LogP contribution in [0.15, 0.2) is 24.3 Å². The van der Waals surface area contributed by atoms with Gasteiger partial charge in [0.05, 0.1) is 4.92 Å². The van der Waals surface area contributed by atoms with Crippen LogP contribution in [0.5, 0.6) is 0 Å². The molecule has 7 heteroatoms. The maximum atomic E-state index is 10.7. The van der Waals surface area contributed by atoms with Crippen molar-refractivity contribution in [2.75, 3.05) is 0 Å². The van der Waals surface area contributed by atoms with E-state index in [1.165, 1.54) is 12.1 Å². The van der Waals surface area contributed by atoms with Crippen LogP contribution >= 0.6 is 0 Å². The Morgan fingerprint density at radius 1 is 1.18 bits per heavy atom. The number of nitro groups is 1. The summed E-state index contributed by atoms with van der Waals surface area (Å²) >= 11 is 0. The van der Waals surface area contributed by atoms with Crippen molar-refractivity contribution in [1.29, 1.82) is 0 Å². The summed E-state index contributed by atoms with van der Waals surface area (Å²) in [6.07, 6.45) is -0.736. The number of benzene rings is 1. The Balaban J connectivity index is 2.99. The van der Waals surface area contributed by atoms with E-state index in [2.05, 4.69) is 0 Å². The van der Waals surface area contributed by atoms with E-state index in [0.717, 1.165) is 12.1 Å². The maximum absolute atomic E-state index is 10.7. The van der Waals surface area contributed by atoms with Crippen molar-refractivity contribution in [3.63, 3.8) is 0 Å². The van der Waals surface area contributed by atoms with Gasteiger partial charge in [0.2, 0.25) is 0 Å². The second-order valence-corrected chi connectivity index (χ2v) is 3.30. The fraction of sp³-hybridized carbons (Fsp3) is 0.200. The second kappa shape index (κ2) is 5.06. The molecule has 17 heavy (non-hydrogen) atoms. The average molecular weight is 237 g/mol. The summed E-state index contributed by atoms with van der Waals surface area (Å²) in [6.45, 7) is 0. The van der Waals surface area contributed by atoms with E-state index < -0.39 is 29.2 Å². The summed E-state index contributed by atoms with van der Waals surface area (Å²) in [4.78, 5) is 30.8. The van der Waals surface area contributed by atoms with Crippen molar-refractivity contribution in [3.05, 3.63) is 39.9 Å². The minimum atomic E-state index is -1.57. The van der Waals surface area contributed by atoms with Gasteiger partial charge in [-0.1, -0.05) is 12.1 Å². The van der Waals surface area contributed by atoms with Crippen LogP contribution in [0.2, 0.25) is 0 Å². The van der Waals surface area contributed by atoms with Crippen LogP contribution in [0.3, 0.4) is 0 Å². The van der Waals surface area contributed by atoms with Crippen LogP contribution in [-0.4, -0.2) is 16.9 Å². The quantitative estimate of drug-likeness (QED) is 0.456. The van der Waals surface area contributed by atoms with E-state index in [-0.39, 0.29) is 11.3 Å². The minimum absolute atomic E-state index is 0.125. The first kappa shape index (κ1) is 12.6. The molecule has 0 unspecified atom stereocenters. The standard InChI is InChI=1S/C10H9NO6/c12-9(13)5-8(10(14)15)6-1-3-7(4-2-6)11(16)17/h1-4,8H,5H2,(H,12,13)(H,14,15)/p-2/t8-/m1/s1. The zero-order valence-electron chi connectivity index (χ0n) is 8.49. The Morgan fingerprint density at radius 3 is 2.06 bits per heavy atom. The summed E-state index contributed by atoms with van der Waals surface area (Å²) in [5.41, 5.74) is -0.0842. The fourth-order valence-electron chi connectivity index (χ4n) is 1.33. The molecule has 0 aliphatic rings. The summed E-state index contributed by atoms with van der Waals surface area (Å²) in [5, 5.41) is 31.4. The minimum Gasteiger partial charge on any atom is -0.550 e. The van der Waals surface area contributed by atoms with Gasteiger partial charge in [0.1, 0.15) is 0 Å². The number of rotatable bonds is 5. The second-order valence-electron chi connectivity index (χ2n) is 3.30. The summed E-state index contributed by atoms with van der Waals surface area (Å²) in [5.74, 6) is -4.47. The number of carboxylic acids is 2. The zero-order valence-corrected chi connectivity index (χ0v) is 8.49. The SMILES string of the molecule is O=C([O-])C[C@@H](C(=O)[O-])c1ccc([N+](=O)[O-])cc1. The third-order valence-electron chi connectivity index (χ3n) is 2.16. The third kappa shape index (κ3) is 3.26. The van der Waals surface area contributed by atoms with E-state index in [1.807, 2.05) is 0 Å². The molecule has 0 spiro atoms. The molecule has 0 saturated carbocycles. The molecule has 1 atom stereocenters. The number of carboxylic acid groups (broad SMARTS) is 2. The highest BCUT2D eigenvalue weighted by Gasteiger charge is 2.14. The predicted molar refractivity (Wildman–Crippen MR) is 50.5 cm³/mol. The Hall–Kier alpha value is -2.44. The lowest BCUT2D eigenvalue weighted by atomic mass is 9.96. The Kier molecular flexibility index (Phi) is 3.76. The molecule has 0 N–H and O–H groups in total. The number of hydrogen-bond donors (Lipinski definition) is 0. The number of non-ortho nitro benzene ring substituents is 1. The Labute approximate surface area is 95.5 Å². The number of carbonyl (C=O) groups excluding carboxylic acids is 2. The highest BCUT2D eigenvalue weighted by atomic mass is 16.6. The zero-order chi connectivity index (χ0) is 13.0. The van der Waals surface area contributed by atoms with Crippen molar-refractivity contribution < 1.29 is 24.7 Å². The molecule has 0 aliphatic carbocycles. The highest BCUT2D eigenvalue weighted by Crippen LogP contribution is 2.21. The van der Waals surface area contributed by atoms with Crippen LogP contribution < -0.4 is 10.2 Å². The van der Waals surface area contributed by atoms with Gasteiger partial charge in [-0.15, -0.1) is 0 Å². The summed E-state index contributed by atoms with van der Waals surface area (Å²) in [6, 6.07) is 4.56. The van der Waals surface area contributed by atoms with E-state index in [1.54, 1.807) is 0 Å². The largest absolute Gasteiger partial charge is 0.550 e. The van der Waals surface area contributed by atoms with Gasteiger partial charge in [-0.05, 0) is 12.0 Å². The first-order chi connectivity index (χ1) is 7.91. The highest BCUT2D eigenvalue weighted by molar-refractivity contribution is 5.80. The van der Waals surface area contributed by atoms with Crippen molar-refractivity contribution in [2.45, 2.75) is 12.3 Å². The fourth-order valence-corrected chi connectivity index (χ4v) is 1.33. The molecule has 0 heterocycles. The molecule has 1 aromatic carbocycles. The maximum Gasteiger partial charge on any atom is 0.269 e. The lowest BCUT2D eigenvalue weighted by molar-refractivity contribution is -0.384. The van der Waals surface area contributed by atoms with Crippen LogP contribution in [-0.2, 0) is 9.59 Å². The Bertz CT molecular complexity index is 452. The topological polar surface area (TPSA) is 123 Å². The van der Waals surface area contributed by atoms with Crippen molar-refractivity contribution >= 4 is 17.6 Å². The predicted octanol–water partition coefficient (Wildman–Crippen LogP) is -1.43. The summed E-state index contributed by atoms with van der Waals surface area (Å²) in [7, 11) is 0. The molecule has 0 aliphatic heterocycles. The third-order valence-corrected chi connectivity index (χ3v) is 2.16. The molecule has 0 amide bonds. The van der Waals surface area contributed by atoms with E-state index in [4.69, 9.17) is 0 Å². The molecule has 0 aromatic heterocycles. The lowest BCUT2D eigenvalue weighted by Crippen LogP contribution is -2.34. The molecule has 0 radical (unpaired) electrons. The van der Waals surface area contributed by atoms with Gasteiger partial charge in [0.25, 0.3) is 5.69 Å². The lowest BCUT2D eigenvalue weighted by Gasteiger charge is -2.18. The van der Waals surface area contributed by atoms with Crippen molar-refractivity contribution in [3.8, 4) is 0 Å². The molecular weight excluding hydrogens is 230 g/mol. The molecule has 7 nitrogen and oxygen atoms in total. The van der Waals surface area contributed by atoms with Crippen LogP contribution in [0, 0.1) is 10.1 Å². The molecule has 0 saturated heterocycles. The number of aliphatic carboxylic acids is 2. The number of carbonyl (C=O) groups is 2. The number of hydrogen-bond acceptors (Lipinski definition) is 6. The molecular formula is C10H7NO6-2. The van der Waals surface area contributed by atoms with Gasteiger partial charge in [-0.3, -0.25) is 10.1 Å². The molecule has 1 aromatic rings. The number of nitrogens with zero attached hydrogens (tertiary/aromatic N) is 1. The van der Waals surface area contributed by atoms with Gasteiger partial charge in [-0.2, -0.15) is 0 Å². The molecule has 90 valence electrons. The van der Waals surface area contributed by atoms with E-state index in [0.29, 0.717) is 0 Å². The van der Waals surface area contributed by atoms with E-state index >= 15 is 0 Å². The van der Waals surface area contributed by atoms with Crippen LogP contribution in [0.1, 0.15) is 17.9 Å². The van der Waals surface area contributed by atoms with Gasteiger partial charge < -0.3 is 19.8 Å². The smallest absolute Gasteiger partial charge is 0.269 e. The van der Waals surface area contributed by atoms with Gasteiger partial charge in [-0.25, -0.2) is 0 Å². The van der Waals surface area contributed by atoms with Crippen LogP contribution in [0.25, 0.3) is 0 Å². The molecule has 0 fully saturated rings. The molecule has 0 bridgehead atoms. The van der Waals surface area contributed by atoms with Gasteiger partial charge >= 0.3 is 0 Å². The van der Waals surface area contributed by atoms with Crippen LogP contribution in [0.4, 0.5) is 5.69 Å². The first-order valence-corrected chi connectivity index (χ1v) is 4.57. The first-order valence-electron chi connectivity index (χ1n) is 4.57. The molecule has 1 rings (SSSR count). The Morgan fingerprint density at radius 2 is 1.71 bits per heavy atom. The van der Waals surface area contributed by atoms with Crippen molar-refractivity contribution in [1.82, 2.24) is 0 Å². The average Bonchev–Trinajstić information content (AvgIpc) is 2.25. The monoisotopic (exact) mass is 237 g/mol. The van der Waals surface area contributed by atoms with Gasteiger partial charge in [0, 0.05) is 30.0 Å². The number of nitro benzene ring substituents is 1. The summed E-state index contributed by atoms with van der Waals surface area (Å²) < 4.78 is 0. The normalized spacial score (nSPS) is 11.8. The van der Waals surface area contributed by atoms with E-state index in [9.17, 15) is 29.9 Å². The van der Waals surface area contributed by atoms with Crippen molar-refractivity contribution in [2.24, 2.45) is 0 Å². The van der Waals surface area contributed by atoms with Gasteiger partial charge in [0.15, 0.2) is 0 Å².